The Bertz CT molecular complexity index is 269. The third kappa shape index (κ3) is 7.21. The molecule has 3 nitrogen and oxygen atoms in total. The molecule has 1 unspecified atom stereocenters. The second-order valence-corrected chi connectivity index (χ2v) is 7.06. The van der Waals surface area contributed by atoms with Gasteiger partial charge < -0.3 is 5.11 Å². The molecule has 0 bridgehead atoms. The van der Waals surface area contributed by atoms with Crippen LogP contribution in [0.3, 0.4) is 0 Å². The van der Waals surface area contributed by atoms with Crippen molar-refractivity contribution in [2.75, 3.05) is 11.5 Å². The molecule has 0 saturated heterocycles. The van der Waals surface area contributed by atoms with Crippen LogP contribution in [0.1, 0.15) is 65.2 Å². The van der Waals surface area contributed by atoms with E-state index in [-0.39, 0.29) is 0 Å². The van der Waals surface area contributed by atoms with E-state index < -0.39 is 11.5 Å². The average Bonchev–Trinajstić information content (AvgIpc) is 3.16. The molecule has 4 heteroatoms. The van der Waals surface area contributed by atoms with Gasteiger partial charge in [-0.05, 0) is 50.5 Å². The van der Waals surface area contributed by atoms with Crippen molar-refractivity contribution in [2.45, 2.75) is 76.8 Å². The van der Waals surface area contributed by atoms with E-state index >= 15 is 0 Å². The van der Waals surface area contributed by atoms with Crippen molar-refractivity contribution in [3.05, 3.63) is 0 Å². The van der Waals surface area contributed by atoms with Gasteiger partial charge in [0.1, 0.15) is 5.54 Å². The van der Waals surface area contributed by atoms with E-state index in [2.05, 4.69) is 12.2 Å². The highest BCUT2D eigenvalue weighted by atomic mass is 32.2. The van der Waals surface area contributed by atoms with E-state index in [1.807, 2.05) is 18.7 Å². The van der Waals surface area contributed by atoms with Gasteiger partial charge in [-0.15, -0.1) is 0 Å². The van der Waals surface area contributed by atoms with Crippen molar-refractivity contribution >= 4 is 17.7 Å². The Morgan fingerprint density at radius 1 is 1.26 bits per heavy atom. The van der Waals surface area contributed by atoms with Crippen LogP contribution >= 0.6 is 11.8 Å². The van der Waals surface area contributed by atoms with Crippen LogP contribution in [-0.2, 0) is 4.79 Å². The quantitative estimate of drug-likeness (QED) is 0.538. The second-order valence-electron chi connectivity index (χ2n) is 5.83. The van der Waals surface area contributed by atoms with Crippen molar-refractivity contribution in [2.24, 2.45) is 0 Å². The van der Waals surface area contributed by atoms with Gasteiger partial charge in [-0.25, -0.2) is 0 Å². The predicted octanol–water partition coefficient (Wildman–Crippen LogP) is 3.68. The van der Waals surface area contributed by atoms with Gasteiger partial charge >= 0.3 is 5.97 Å². The summed E-state index contributed by atoms with van der Waals surface area (Å²) in [7, 11) is 0. The molecular weight excluding hydrogens is 258 g/mol. The Labute approximate surface area is 121 Å². The first-order valence-corrected chi connectivity index (χ1v) is 8.83. The molecule has 0 aromatic rings. The Hall–Kier alpha value is -0.220. The van der Waals surface area contributed by atoms with Crippen molar-refractivity contribution in [1.82, 2.24) is 5.32 Å². The maximum absolute atomic E-state index is 11.4. The summed E-state index contributed by atoms with van der Waals surface area (Å²) in [6.45, 7) is 4.06. The Morgan fingerprint density at radius 3 is 2.42 bits per heavy atom. The summed E-state index contributed by atoms with van der Waals surface area (Å²) >= 11 is 2.01. The molecule has 1 aliphatic carbocycles. The maximum Gasteiger partial charge on any atom is 0.323 e. The highest BCUT2D eigenvalue weighted by Crippen LogP contribution is 2.25. The number of hydrogen-bond donors (Lipinski definition) is 2. The number of unbranched alkanes of at least 4 members (excludes halogenated alkanes) is 3. The van der Waals surface area contributed by atoms with E-state index in [1.54, 1.807) is 0 Å². The van der Waals surface area contributed by atoms with Crippen LogP contribution in [0.4, 0.5) is 0 Å². The van der Waals surface area contributed by atoms with Crippen LogP contribution in [0.25, 0.3) is 0 Å². The summed E-state index contributed by atoms with van der Waals surface area (Å²) < 4.78 is 0. The molecule has 0 heterocycles. The first-order chi connectivity index (χ1) is 9.08. The highest BCUT2D eigenvalue weighted by Gasteiger charge is 2.37. The van der Waals surface area contributed by atoms with Gasteiger partial charge in [0, 0.05) is 6.04 Å². The van der Waals surface area contributed by atoms with Crippen LogP contribution in [0.5, 0.6) is 0 Å². The third-order valence-electron chi connectivity index (χ3n) is 3.68. The van der Waals surface area contributed by atoms with Gasteiger partial charge in [0.15, 0.2) is 0 Å². The molecule has 1 rings (SSSR count). The molecule has 0 spiro atoms. The Kier molecular flexibility index (Phi) is 7.84. The lowest BCUT2D eigenvalue weighted by molar-refractivity contribution is -0.144. The van der Waals surface area contributed by atoms with Gasteiger partial charge in [0.2, 0.25) is 0 Å². The first-order valence-electron chi connectivity index (χ1n) is 7.67. The molecule has 0 aromatic carbocycles. The van der Waals surface area contributed by atoms with Gasteiger partial charge in [-0.1, -0.05) is 26.2 Å². The number of carboxylic acids is 1. The van der Waals surface area contributed by atoms with Crippen LogP contribution < -0.4 is 5.32 Å². The summed E-state index contributed by atoms with van der Waals surface area (Å²) in [5.74, 6) is 1.72. The van der Waals surface area contributed by atoms with E-state index in [4.69, 9.17) is 0 Å². The number of rotatable bonds is 12. The molecular formula is C15H29NO2S. The van der Waals surface area contributed by atoms with E-state index in [1.165, 1.54) is 30.8 Å². The van der Waals surface area contributed by atoms with Gasteiger partial charge in [-0.2, -0.15) is 11.8 Å². The standard InChI is InChI=1S/C15H29NO2S/c1-3-4-6-11-19-12-7-5-10-15(2,14(17)18)16-13-8-9-13/h13,16H,3-12H2,1-2H3,(H,17,18). The van der Waals surface area contributed by atoms with E-state index in [0.717, 1.165) is 32.1 Å². The lowest BCUT2D eigenvalue weighted by atomic mass is 9.95. The smallest absolute Gasteiger partial charge is 0.323 e. The number of aliphatic carboxylic acids is 1. The summed E-state index contributed by atoms with van der Waals surface area (Å²) in [6, 6.07) is 0.449. The normalized spacial score (nSPS) is 18.2. The zero-order chi connectivity index (χ0) is 14.1. The van der Waals surface area contributed by atoms with Crippen LogP contribution in [-0.4, -0.2) is 34.2 Å². The SMILES string of the molecule is CCCCCSCCCCC(C)(NC1CC1)C(=O)O. The number of carboxylic acid groups (broad SMARTS) is 1. The van der Waals surface area contributed by atoms with Crippen LogP contribution in [0.15, 0.2) is 0 Å². The first kappa shape index (κ1) is 16.8. The molecule has 0 aromatic heterocycles. The largest absolute Gasteiger partial charge is 0.480 e. The summed E-state index contributed by atoms with van der Waals surface area (Å²) in [5.41, 5.74) is -0.714. The number of thioether (sulfide) groups is 1. The van der Waals surface area contributed by atoms with E-state index in [0.29, 0.717) is 6.04 Å². The summed E-state index contributed by atoms with van der Waals surface area (Å²) in [5, 5.41) is 12.6. The minimum atomic E-state index is -0.714. The van der Waals surface area contributed by atoms with Crippen LogP contribution in [0, 0.1) is 0 Å². The highest BCUT2D eigenvalue weighted by molar-refractivity contribution is 7.99. The molecule has 0 aliphatic heterocycles. The molecule has 1 fully saturated rings. The van der Waals surface area contributed by atoms with Gasteiger partial charge in [0.25, 0.3) is 0 Å². The predicted molar refractivity (Wildman–Crippen MR) is 82.9 cm³/mol. The van der Waals surface area contributed by atoms with Crippen molar-refractivity contribution in [1.29, 1.82) is 0 Å². The maximum atomic E-state index is 11.4. The Balaban J connectivity index is 2.06. The fourth-order valence-electron chi connectivity index (χ4n) is 2.16. The van der Waals surface area contributed by atoms with Gasteiger partial charge in [-0.3, -0.25) is 10.1 Å². The second kappa shape index (κ2) is 8.85. The monoisotopic (exact) mass is 287 g/mol. The fraction of sp³-hybridized carbons (Fsp3) is 0.933. The molecule has 2 N–H and O–H groups in total. The lowest BCUT2D eigenvalue weighted by Gasteiger charge is -2.26. The average molecular weight is 287 g/mol. The molecule has 1 saturated carbocycles. The number of hydrogen-bond acceptors (Lipinski definition) is 3. The molecule has 112 valence electrons. The van der Waals surface area contributed by atoms with Crippen molar-refractivity contribution < 1.29 is 9.90 Å². The summed E-state index contributed by atoms with van der Waals surface area (Å²) in [4.78, 5) is 11.4. The van der Waals surface area contributed by atoms with Gasteiger partial charge in [0.05, 0.1) is 0 Å². The topological polar surface area (TPSA) is 49.3 Å². The zero-order valence-electron chi connectivity index (χ0n) is 12.4. The molecule has 1 atom stereocenters. The van der Waals surface area contributed by atoms with Crippen molar-refractivity contribution in [3.8, 4) is 0 Å². The molecule has 19 heavy (non-hydrogen) atoms. The fourth-order valence-corrected chi connectivity index (χ4v) is 3.18. The Morgan fingerprint density at radius 2 is 1.89 bits per heavy atom. The zero-order valence-corrected chi connectivity index (χ0v) is 13.2. The lowest BCUT2D eigenvalue weighted by Crippen LogP contribution is -2.50. The number of nitrogens with one attached hydrogen (secondary N) is 1. The molecule has 1 aliphatic rings. The summed E-state index contributed by atoms with van der Waals surface area (Å²) in [6.07, 6.45) is 9.08. The minimum absolute atomic E-state index is 0.449. The molecule has 0 amide bonds. The third-order valence-corrected chi connectivity index (χ3v) is 4.83. The van der Waals surface area contributed by atoms with Crippen LogP contribution in [0.2, 0.25) is 0 Å². The van der Waals surface area contributed by atoms with E-state index in [9.17, 15) is 9.90 Å². The minimum Gasteiger partial charge on any atom is -0.480 e. The number of carbonyl (C=O) groups is 1. The van der Waals surface area contributed by atoms with Crippen molar-refractivity contribution in [3.63, 3.8) is 0 Å². The molecule has 0 radical (unpaired) electrons.